The zero-order valence-corrected chi connectivity index (χ0v) is 11.8. The lowest BCUT2D eigenvalue weighted by atomic mass is 10.1. The summed E-state index contributed by atoms with van der Waals surface area (Å²) in [5.74, 6) is 0.743. The molecule has 0 aliphatic rings. The van der Waals surface area contributed by atoms with E-state index in [0.717, 1.165) is 42.3 Å². The molecule has 17 heavy (non-hydrogen) atoms. The smallest absolute Gasteiger partial charge is 0.0823 e. The minimum atomic E-state index is -0.367. The lowest BCUT2D eigenvalue weighted by Gasteiger charge is -2.10. The normalized spacial score (nSPS) is 13.4. The Labute approximate surface area is 105 Å². The van der Waals surface area contributed by atoms with Gasteiger partial charge in [0.05, 0.1) is 11.8 Å². The number of hydrogen-bond donors (Lipinski definition) is 1. The maximum absolute atomic E-state index is 9.96. The second-order valence-corrected chi connectivity index (χ2v) is 5.27. The summed E-state index contributed by atoms with van der Waals surface area (Å²) < 4.78 is 2.05. The van der Waals surface area contributed by atoms with Gasteiger partial charge in [0, 0.05) is 17.8 Å². The summed E-state index contributed by atoms with van der Waals surface area (Å²) in [6, 6.07) is 0. The quantitative estimate of drug-likeness (QED) is 0.825. The summed E-state index contributed by atoms with van der Waals surface area (Å²) >= 11 is 0. The molecule has 0 amide bonds. The van der Waals surface area contributed by atoms with E-state index in [1.54, 1.807) is 0 Å². The molecule has 0 fully saturated rings. The summed E-state index contributed by atoms with van der Waals surface area (Å²) in [6.45, 7) is 11.5. The number of aromatic nitrogens is 2. The van der Waals surface area contributed by atoms with Crippen molar-refractivity contribution < 1.29 is 5.11 Å². The fourth-order valence-corrected chi connectivity index (χ4v) is 2.26. The van der Waals surface area contributed by atoms with Crippen molar-refractivity contribution in [2.24, 2.45) is 5.92 Å². The van der Waals surface area contributed by atoms with Crippen LogP contribution in [-0.2, 0) is 6.54 Å². The summed E-state index contributed by atoms with van der Waals surface area (Å²) in [5, 5.41) is 14.5. The van der Waals surface area contributed by atoms with Crippen molar-refractivity contribution in [3.05, 3.63) is 17.0 Å². The molecule has 0 saturated carbocycles. The molecular weight excluding hydrogens is 212 g/mol. The standard InChI is InChI=1S/C14H26N2O/c1-6-13(17)14-11(4)15-16(12(14)5)9-7-8-10(2)3/h10,13,17H,6-9H2,1-5H3. The zero-order valence-electron chi connectivity index (χ0n) is 11.8. The van der Waals surface area contributed by atoms with E-state index in [-0.39, 0.29) is 6.10 Å². The van der Waals surface area contributed by atoms with Gasteiger partial charge in [0.2, 0.25) is 0 Å². The molecular formula is C14H26N2O. The molecule has 1 aromatic heterocycles. The van der Waals surface area contributed by atoms with Crippen molar-refractivity contribution >= 4 is 0 Å². The molecule has 1 atom stereocenters. The SMILES string of the molecule is CCC(O)c1c(C)nn(CCCC(C)C)c1C. The van der Waals surface area contributed by atoms with Crippen LogP contribution >= 0.6 is 0 Å². The van der Waals surface area contributed by atoms with E-state index >= 15 is 0 Å². The van der Waals surface area contributed by atoms with Gasteiger partial charge in [-0.25, -0.2) is 0 Å². The van der Waals surface area contributed by atoms with Gasteiger partial charge in [0.25, 0.3) is 0 Å². The van der Waals surface area contributed by atoms with Crippen LogP contribution in [0.4, 0.5) is 0 Å². The van der Waals surface area contributed by atoms with Crippen LogP contribution in [0.5, 0.6) is 0 Å². The highest BCUT2D eigenvalue weighted by Crippen LogP contribution is 2.24. The van der Waals surface area contributed by atoms with Crippen LogP contribution in [0.15, 0.2) is 0 Å². The molecule has 1 rings (SSSR count). The molecule has 0 aromatic carbocycles. The topological polar surface area (TPSA) is 38.1 Å². The summed E-state index contributed by atoms with van der Waals surface area (Å²) in [4.78, 5) is 0. The second kappa shape index (κ2) is 6.20. The average molecular weight is 238 g/mol. The third kappa shape index (κ3) is 3.56. The lowest BCUT2D eigenvalue weighted by Crippen LogP contribution is -2.05. The van der Waals surface area contributed by atoms with Gasteiger partial charge in [0.1, 0.15) is 0 Å². The van der Waals surface area contributed by atoms with Crippen molar-refractivity contribution in [2.45, 2.75) is 66.5 Å². The number of rotatable bonds is 6. The Bertz CT molecular complexity index is 355. The molecule has 1 aromatic rings. The van der Waals surface area contributed by atoms with Gasteiger partial charge in [-0.15, -0.1) is 0 Å². The number of nitrogens with zero attached hydrogens (tertiary/aromatic N) is 2. The third-order valence-corrected chi connectivity index (χ3v) is 3.31. The zero-order chi connectivity index (χ0) is 13.0. The van der Waals surface area contributed by atoms with Crippen LogP contribution in [0, 0.1) is 19.8 Å². The van der Waals surface area contributed by atoms with E-state index < -0.39 is 0 Å². The van der Waals surface area contributed by atoms with E-state index in [4.69, 9.17) is 0 Å². The first-order chi connectivity index (χ1) is 7.97. The molecule has 1 N–H and O–H groups in total. The van der Waals surface area contributed by atoms with Gasteiger partial charge < -0.3 is 5.11 Å². The Kier molecular flexibility index (Phi) is 5.19. The molecule has 0 aliphatic carbocycles. The summed E-state index contributed by atoms with van der Waals surface area (Å²) in [6.07, 6.45) is 2.76. The van der Waals surface area contributed by atoms with Gasteiger partial charge in [-0.2, -0.15) is 5.10 Å². The Morgan fingerprint density at radius 3 is 2.47 bits per heavy atom. The van der Waals surface area contributed by atoms with Crippen LogP contribution in [0.1, 0.15) is 63.1 Å². The molecule has 0 saturated heterocycles. The third-order valence-electron chi connectivity index (χ3n) is 3.31. The number of aliphatic hydroxyl groups is 1. The highest BCUT2D eigenvalue weighted by atomic mass is 16.3. The van der Waals surface area contributed by atoms with Crippen molar-refractivity contribution in [3.63, 3.8) is 0 Å². The first-order valence-electron chi connectivity index (χ1n) is 6.69. The maximum atomic E-state index is 9.96. The Hall–Kier alpha value is -0.830. The molecule has 1 unspecified atom stereocenters. The molecule has 3 heteroatoms. The first kappa shape index (κ1) is 14.2. The van der Waals surface area contributed by atoms with Gasteiger partial charge >= 0.3 is 0 Å². The van der Waals surface area contributed by atoms with E-state index in [2.05, 4.69) is 25.9 Å². The number of hydrogen-bond acceptors (Lipinski definition) is 2. The van der Waals surface area contributed by atoms with Crippen LogP contribution in [0.25, 0.3) is 0 Å². The lowest BCUT2D eigenvalue weighted by molar-refractivity contribution is 0.172. The molecule has 98 valence electrons. The molecule has 0 radical (unpaired) electrons. The van der Waals surface area contributed by atoms with Gasteiger partial charge in [-0.3, -0.25) is 4.68 Å². The second-order valence-electron chi connectivity index (χ2n) is 5.27. The van der Waals surface area contributed by atoms with Gasteiger partial charge in [-0.05, 0) is 39.0 Å². The van der Waals surface area contributed by atoms with E-state index in [0.29, 0.717) is 0 Å². The van der Waals surface area contributed by atoms with Crippen molar-refractivity contribution in [1.29, 1.82) is 0 Å². The number of aryl methyl sites for hydroxylation is 2. The van der Waals surface area contributed by atoms with Crippen molar-refractivity contribution in [1.82, 2.24) is 9.78 Å². The highest BCUT2D eigenvalue weighted by Gasteiger charge is 2.17. The monoisotopic (exact) mass is 238 g/mol. The van der Waals surface area contributed by atoms with Crippen molar-refractivity contribution in [3.8, 4) is 0 Å². The molecule has 0 bridgehead atoms. The fraction of sp³-hybridized carbons (Fsp3) is 0.786. The minimum Gasteiger partial charge on any atom is -0.388 e. The van der Waals surface area contributed by atoms with Crippen LogP contribution in [0.3, 0.4) is 0 Å². The summed E-state index contributed by atoms with van der Waals surface area (Å²) in [7, 11) is 0. The minimum absolute atomic E-state index is 0.367. The predicted octanol–water partition coefficient (Wildman–Crippen LogP) is 3.38. The average Bonchev–Trinajstić information content (AvgIpc) is 2.53. The van der Waals surface area contributed by atoms with Crippen molar-refractivity contribution in [2.75, 3.05) is 0 Å². The Morgan fingerprint density at radius 1 is 1.29 bits per heavy atom. The fourth-order valence-electron chi connectivity index (χ4n) is 2.26. The molecule has 1 heterocycles. The molecule has 3 nitrogen and oxygen atoms in total. The first-order valence-corrected chi connectivity index (χ1v) is 6.69. The van der Waals surface area contributed by atoms with Gasteiger partial charge in [0.15, 0.2) is 0 Å². The van der Waals surface area contributed by atoms with E-state index in [9.17, 15) is 5.11 Å². The van der Waals surface area contributed by atoms with E-state index in [1.807, 2.05) is 18.5 Å². The Morgan fingerprint density at radius 2 is 1.94 bits per heavy atom. The van der Waals surface area contributed by atoms with Crippen LogP contribution in [0.2, 0.25) is 0 Å². The van der Waals surface area contributed by atoms with Crippen LogP contribution in [-0.4, -0.2) is 14.9 Å². The molecule has 0 aliphatic heterocycles. The van der Waals surface area contributed by atoms with Crippen LogP contribution < -0.4 is 0 Å². The Balaban J connectivity index is 2.74. The predicted molar refractivity (Wildman–Crippen MR) is 71.0 cm³/mol. The number of aliphatic hydroxyl groups excluding tert-OH is 1. The maximum Gasteiger partial charge on any atom is 0.0823 e. The molecule has 0 spiro atoms. The summed E-state index contributed by atoms with van der Waals surface area (Å²) in [5.41, 5.74) is 3.12. The largest absolute Gasteiger partial charge is 0.388 e. The highest BCUT2D eigenvalue weighted by molar-refractivity contribution is 5.26. The van der Waals surface area contributed by atoms with Gasteiger partial charge in [-0.1, -0.05) is 20.8 Å². The van der Waals surface area contributed by atoms with E-state index in [1.165, 1.54) is 6.42 Å².